The molecular formula is H7B3N3-. The van der Waals surface area contributed by atoms with Crippen LogP contribution in [0.25, 0.3) is 0 Å². The van der Waals surface area contributed by atoms with Crippen LogP contribution in [0.2, 0.25) is 0 Å². The van der Waals surface area contributed by atoms with E-state index in [0.29, 0.717) is 0 Å². The summed E-state index contributed by atoms with van der Waals surface area (Å²) >= 11 is 0. The van der Waals surface area contributed by atoms with Gasteiger partial charge in [-0.1, -0.05) is 0 Å². The summed E-state index contributed by atoms with van der Waals surface area (Å²) in [6.45, 7) is 0. The first-order valence-corrected chi connectivity index (χ1v) is 2.41. The molecule has 0 aromatic rings. The molecule has 0 amide bonds. The van der Waals surface area contributed by atoms with Gasteiger partial charge in [-0.25, -0.2) is 0 Å². The average Bonchev–Trinajstić information content (AvgIpc) is 1.72. The smallest absolute Gasteiger partial charge is 0.236 e. The Labute approximate surface area is 39.1 Å². The van der Waals surface area contributed by atoms with Crippen molar-refractivity contribution in [3.05, 3.63) is 0 Å². The summed E-state index contributed by atoms with van der Waals surface area (Å²) in [4.78, 5) is 0. The molecule has 6 heteroatoms. The third-order valence-electron chi connectivity index (χ3n) is 0.957. The van der Waals surface area contributed by atoms with E-state index in [1.807, 2.05) is 0 Å². The third kappa shape index (κ3) is 1.04. The first kappa shape index (κ1) is 4.24. The molecule has 1 fully saturated rings. The molecular weight excluding hydrogens is 74.5 g/mol. The van der Waals surface area contributed by atoms with Crippen LogP contribution in [0.5, 0.6) is 0 Å². The maximum absolute atomic E-state index is 3.19. The van der Waals surface area contributed by atoms with Crippen molar-refractivity contribution in [3.8, 4) is 0 Å². The van der Waals surface area contributed by atoms with Crippen LogP contribution in [0.4, 0.5) is 0 Å². The van der Waals surface area contributed by atoms with E-state index in [0.717, 1.165) is 15.1 Å². The average molecular weight is 81.5 g/mol. The van der Waals surface area contributed by atoms with Gasteiger partial charge in [-0.15, -0.1) is 0 Å². The van der Waals surface area contributed by atoms with E-state index < -0.39 is 0 Å². The molecule has 1 aliphatic rings. The first-order valence-electron chi connectivity index (χ1n) is 2.41. The van der Waals surface area contributed by atoms with Gasteiger partial charge < -0.3 is 15.4 Å². The van der Waals surface area contributed by atoms with Gasteiger partial charge in [0.25, 0.3) is 0 Å². The molecule has 0 aromatic carbocycles. The van der Waals surface area contributed by atoms with E-state index in [9.17, 15) is 0 Å². The fraction of sp³-hybridized carbons (Fsp3) is 0. The molecule has 1 saturated heterocycles. The van der Waals surface area contributed by atoms with Crippen LogP contribution in [0.1, 0.15) is 0 Å². The number of hydrogen-bond acceptors (Lipinski definition) is 3. The molecule has 0 bridgehead atoms. The summed E-state index contributed by atoms with van der Waals surface area (Å²) in [5, 5.41) is 9.47. The van der Waals surface area contributed by atoms with E-state index >= 15 is 0 Å². The highest BCUT2D eigenvalue weighted by Gasteiger charge is 1.89. The zero-order chi connectivity index (χ0) is 4.24. The van der Waals surface area contributed by atoms with Crippen molar-refractivity contribution < 1.29 is 0 Å². The molecule has 1 aliphatic heterocycles. The van der Waals surface area contributed by atoms with Crippen molar-refractivity contribution in [1.82, 2.24) is 15.4 Å². The van der Waals surface area contributed by atoms with Gasteiger partial charge in [0.2, 0.25) is 15.1 Å². The Balaban J connectivity index is 2.00. The molecule has 0 saturated carbocycles. The third-order valence-corrected chi connectivity index (χ3v) is 0.957. The Morgan fingerprint density at radius 2 is 1.83 bits per heavy atom. The number of nitrogens with one attached hydrogen (secondary N) is 3. The number of hydrogen-bond donors (Lipinski definition) is 3. The Bertz CT molecular complexity index is 21.5. The van der Waals surface area contributed by atoms with E-state index in [2.05, 4.69) is 15.4 Å². The first-order chi connectivity index (χ1) is 3.00. The Morgan fingerprint density at radius 1 is 1.17 bits per heavy atom. The van der Waals surface area contributed by atoms with Crippen molar-refractivity contribution in [2.45, 2.75) is 0 Å². The van der Waals surface area contributed by atoms with Crippen LogP contribution in [0.15, 0.2) is 0 Å². The van der Waals surface area contributed by atoms with Crippen molar-refractivity contribution in [2.24, 2.45) is 0 Å². The summed E-state index contributed by atoms with van der Waals surface area (Å²) in [5.74, 6) is 0. The molecule has 0 radical (unpaired) electrons. The molecule has 32 valence electrons. The molecule has 0 spiro atoms. The maximum atomic E-state index is 3.19. The second kappa shape index (κ2) is 2.28. The summed E-state index contributed by atoms with van der Waals surface area (Å²) in [6, 6.07) is 0. The summed E-state index contributed by atoms with van der Waals surface area (Å²) < 4.78 is 0. The fourth-order valence-electron chi connectivity index (χ4n) is 0.614. The zero-order valence-corrected chi connectivity index (χ0v) is 3.91. The van der Waals surface area contributed by atoms with Gasteiger partial charge in [0, 0.05) is 0 Å². The SMILES string of the molecule is B1NBN[BH2-]N1. The lowest BCUT2D eigenvalue weighted by Crippen LogP contribution is -2.55. The van der Waals surface area contributed by atoms with Crippen molar-refractivity contribution in [2.75, 3.05) is 0 Å². The summed E-state index contributed by atoms with van der Waals surface area (Å²) in [6.07, 6.45) is 0. The molecule has 6 heavy (non-hydrogen) atoms. The van der Waals surface area contributed by atoms with Gasteiger partial charge in [-0.05, 0) is 0 Å². The highest BCUT2D eigenvalue weighted by molar-refractivity contribution is 6.65. The standard InChI is InChI=1S/B3H7N3/c1-4-2-6-3-5-1/h1-2,4-6H,3H2/q-1. The highest BCUT2D eigenvalue weighted by atomic mass is 15.0. The van der Waals surface area contributed by atoms with Crippen LogP contribution in [0, 0.1) is 0 Å². The van der Waals surface area contributed by atoms with Crippen molar-refractivity contribution >= 4 is 22.6 Å². The minimum absolute atomic E-state index is 0.0451. The van der Waals surface area contributed by atoms with E-state index in [-0.39, 0.29) is 7.55 Å². The quantitative estimate of drug-likeness (QED) is 0.263. The normalized spacial score (nSPS) is 21.3. The van der Waals surface area contributed by atoms with Crippen LogP contribution >= 0.6 is 0 Å². The predicted molar refractivity (Wildman–Crippen MR) is 32.2 cm³/mol. The van der Waals surface area contributed by atoms with Crippen LogP contribution in [0.3, 0.4) is 0 Å². The zero-order valence-electron chi connectivity index (χ0n) is 3.91. The monoisotopic (exact) mass is 82.1 g/mol. The molecule has 0 aromatic heterocycles. The van der Waals surface area contributed by atoms with Crippen LogP contribution in [-0.4, -0.2) is 22.6 Å². The Morgan fingerprint density at radius 3 is 2.00 bits per heavy atom. The predicted octanol–water partition coefficient (Wildman–Crippen LogP) is -3.70. The molecule has 0 atom stereocenters. The number of rotatable bonds is 0. The van der Waals surface area contributed by atoms with Gasteiger partial charge in [0.1, 0.15) is 0 Å². The van der Waals surface area contributed by atoms with Crippen LogP contribution < -0.4 is 15.4 Å². The lowest BCUT2D eigenvalue weighted by atomic mass is 9.85. The summed E-state index contributed by atoms with van der Waals surface area (Å²) in [7, 11) is 2.03. The summed E-state index contributed by atoms with van der Waals surface area (Å²) in [5.41, 5.74) is 0. The van der Waals surface area contributed by atoms with Gasteiger partial charge in [0.15, 0.2) is 0 Å². The van der Waals surface area contributed by atoms with Gasteiger partial charge in [0.05, 0.1) is 7.55 Å². The molecule has 0 unspecified atom stereocenters. The molecule has 3 nitrogen and oxygen atoms in total. The minimum Gasteiger partial charge on any atom is -0.514 e. The largest absolute Gasteiger partial charge is 0.514 e. The van der Waals surface area contributed by atoms with Crippen molar-refractivity contribution in [3.63, 3.8) is 0 Å². The highest BCUT2D eigenvalue weighted by Crippen LogP contribution is 1.46. The molecule has 3 N–H and O–H groups in total. The van der Waals surface area contributed by atoms with Gasteiger partial charge >= 0.3 is 0 Å². The second-order valence-electron chi connectivity index (χ2n) is 1.56. The maximum Gasteiger partial charge on any atom is 0.236 e. The molecule has 1 heterocycles. The lowest BCUT2D eigenvalue weighted by Gasteiger charge is -2.17. The van der Waals surface area contributed by atoms with E-state index in [1.54, 1.807) is 0 Å². The van der Waals surface area contributed by atoms with Crippen LogP contribution in [-0.2, 0) is 0 Å². The molecule has 1 rings (SSSR count). The Hall–Kier alpha value is 0.0748. The van der Waals surface area contributed by atoms with Crippen molar-refractivity contribution in [1.29, 1.82) is 0 Å². The van der Waals surface area contributed by atoms with E-state index in [4.69, 9.17) is 0 Å². The van der Waals surface area contributed by atoms with E-state index in [1.165, 1.54) is 0 Å². The Kier molecular flexibility index (Phi) is 1.61. The van der Waals surface area contributed by atoms with Gasteiger partial charge in [-0.2, -0.15) is 0 Å². The molecule has 0 aliphatic carbocycles. The second-order valence-corrected chi connectivity index (χ2v) is 1.56. The fourth-order valence-corrected chi connectivity index (χ4v) is 0.614. The lowest BCUT2D eigenvalue weighted by molar-refractivity contribution is 1.28. The minimum atomic E-state index is 0.0451. The van der Waals surface area contributed by atoms with Gasteiger partial charge in [-0.3, -0.25) is 0 Å². The topological polar surface area (TPSA) is 36.1 Å².